The van der Waals surface area contributed by atoms with Crippen LogP contribution in [-0.2, 0) is 27.3 Å². The number of piperidine rings is 1. The summed E-state index contributed by atoms with van der Waals surface area (Å²) in [5, 5.41) is 13.1. The average Bonchev–Trinajstić information content (AvgIpc) is 3.32. The van der Waals surface area contributed by atoms with E-state index in [4.69, 9.17) is 5.26 Å². The summed E-state index contributed by atoms with van der Waals surface area (Å²) in [6, 6.07) is 23.1. The summed E-state index contributed by atoms with van der Waals surface area (Å²) in [5.41, 5.74) is 4.89. The van der Waals surface area contributed by atoms with Crippen LogP contribution >= 0.6 is 0 Å². The van der Waals surface area contributed by atoms with Gasteiger partial charge < -0.3 is 9.80 Å². The number of carbonyl (C=O) groups excluding carboxylic acids is 4. The first-order valence-corrected chi connectivity index (χ1v) is 14.8. The van der Waals surface area contributed by atoms with Crippen LogP contribution in [0.1, 0.15) is 45.5 Å². The van der Waals surface area contributed by atoms with Crippen LogP contribution in [0.25, 0.3) is 10.8 Å². The molecule has 1 N–H and O–H groups in total. The lowest BCUT2D eigenvalue weighted by molar-refractivity contribution is -0.134. The number of benzene rings is 4. The van der Waals surface area contributed by atoms with Crippen molar-refractivity contribution in [3.05, 3.63) is 106 Å². The molecule has 3 heterocycles. The van der Waals surface area contributed by atoms with Gasteiger partial charge in [-0.2, -0.15) is 5.26 Å². The number of hydrogen-bond acceptors (Lipinski definition) is 6. The van der Waals surface area contributed by atoms with E-state index in [-0.39, 0.29) is 42.7 Å². The van der Waals surface area contributed by atoms with Crippen LogP contribution in [0, 0.1) is 17.1 Å². The number of imide groups is 1. The number of nitrogens with zero attached hydrogens (tertiary/aromatic N) is 4. The van der Waals surface area contributed by atoms with E-state index >= 15 is 0 Å². The fourth-order valence-electron chi connectivity index (χ4n) is 6.58. The fourth-order valence-corrected chi connectivity index (χ4v) is 6.58. The molecule has 2 fully saturated rings. The number of rotatable bonds is 6. The fraction of sp³-hybridized carbons (Fsp3) is 0.229. The van der Waals surface area contributed by atoms with Crippen molar-refractivity contribution >= 4 is 45.8 Å². The Morgan fingerprint density at radius 2 is 1.69 bits per heavy atom. The molecule has 7 rings (SSSR count). The van der Waals surface area contributed by atoms with Crippen molar-refractivity contribution in [3.63, 3.8) is 0 Å². The molecule has 45 heavy (non-hydrogen) atoms. The Hall–Kier alpha value is -5.56. The molecule has 1 atom stereocenters. The Bertz CT molecular complexity index is 1950. The monoisotopic (exact) mass is 601 g/mol. The molecule has 4 amide bonds. The van der Waals surface area contributed by atoms with Gasteiger partial charge in [0.1, 0.15) is 11.9 Å². The maximum Gasteiger partial charge on any atom is 0.259 e. The smallest absolute Gasteiger partial charge is 0.259 e. The Labute approximate surface area is 258 Å². The summed E-state index contributed by atoms with van der Waals surface area (Å²) in [4.78, 5) is 55.7. The van der Waals surface area contributed by atoms with Gasteiger partial charge in [-0.1, -0.05) is 42.5 Å². The molecule has 2 saturated heterocycles. The summed E-state index contributed by atoms with van der Waals surface area (Å²) in [5.74, 6) is -1.61. The number of hydrogen-bond donors (Lipinski definition) is 1. The lowest BCUT2D eigenvalue weighted by atomic mass is 9.95. The van der Waals surface area contributed by atoms with E-state index in [1.54, 1.807) is 28.0 Å². The van der Waals surface area contributed by atoms with Crippen LogP contribution in [0.4, 0.5) is 15.8 Å². The predicted octanol–water partition coefficient (Wildman–Crippen LogP) is 4.06. The molecule has 1 unspecified atom stereocenters. The molecule has 0 radical (unpaired) electrons. The topological polar surface area (TPSA) is 114 Å². The van der Waals surface area contributed by atoms with Crippen molar-refractivity contribution in [3.8, 4) is 6.07 Å². The number of anilines is 2. The van der Waals surface area contributed by atoms with Crippen LogP contribution in [0.2, 0.25) is 0 Å². The largest absolute Gasteiger partial charge is 0.358 e. The van der Waals surface area contributed by atoms with Gasteiger partial charge in [0, 0.05) is 37.0 Å². The number of nitriles is 1. The highest BCUT2D eigenvalue weighted by Crippen LogP contribution is 2.41. The maximum absolute atomic E-state index is 14.5. The number of nitrogens with one attached hydrogen (secondary N) is 1. The second-order valence-corrected chi connectivity index (χ2v) is 11.6. The standard InChI is InChI=1S/C35H28FN5O4/c36-27-17-23(18-37)8-10-28(27)39-14-15-40(32(43)20-39)19-22-6-4-21(5-7-22)16-24-9-11-29-33-25(24)2-1-3-26(33)35(45)41(29)30-12-13-31(42)38-34(30)44/h1-11,17,30H,12-16,19-20H2,(H,38,42,44). The lowest BCUT2D eigenvalue weighted by Crippen LogP contribution is -2.53. The molecule has 10 heteroatoms. The van der Waals surface area contributed by atoms with Gasteiger partial charge in [0.15, 0.2) is 0 Å². The van der Waals surface area contributed by atoms with Crippen LogP contribution < -0.4 is 15.1 Å². The van der Waals surface area contributed by atoms with Crippen LogP contribution in [0.15, 0.2) is 72.8 Å². The number of amides is 4. The molecule has 3 aliphatic rings. The Kier molecular flexibility index (Phi) is 7.01. The molecule has 4 aromatic carbocycles. The maximum atomic E-state index is 14.5. The third kappa shape index (κ3) is 5.06. The van der Waals surface area contributed by atoms with Gasteiger partial charge >= 0.3 is 0 Å². The van der Waals surface area contributed by atoms with Crippen LogP contribution in [0.3, 0.4) is 0 Å². The predicted molar refractivity (Wildman–Crippen MR) is 165 cm³/mol. The molecule has 0 aliphatic carbocycles. The first kappa shape index (κ1) is 28.2. The van der Waals surface area contributed by atoms with Crippen LogP contribution in [0.5, 0.6) is 0 Å². The number of piperazine rings is 1. The van der Waals surface area contributed by atoms with Gasteiger partial charge in [0.05, 0.1) is 29.6 Å². The molecule has 0 spiro atoms. The molecular weight excluding hydrogens is 573 g/mol. The van der Waals surface area contributed by atoms with Crippen molar-refractivity contribution in [1.29, 1.82) is 5.26 Å². The summed E-state index contributed by atoms with van der Waals surface area (Å²) in [6.07, 6.45) is 1.11. The quantitative estimate of drug-likeness (QED) is 0.334. The summed E-state index contributed by atoms with van der Waals surface area (Å²) in [6.45, 7) is 1.45. The van der Waals surface area contributed by atoms with Crippen LogP contribution in [-0.4, -0.2) is 54.2 Å². The van der Waals surface area contributed by atoms with E-state index in [0.717, 1.165) is 27.5 Å². The van der Waals surface area contributed by atoms with E-state index in [1.807, 2.05) is 54.6 Å². The van der Waals surface area contributed by atoms with Gasteiger partial charge in [0.2, 0.25) is 17.7 Å². The second kappa shape index (κ2) is 11.2. The molecule has 9 nitrogen and oxygen atoms in total. The normalized spacial score (nSPS) is 18.0. The summed E-state index contributed by atoms with van der Waals surface area (Å²) in [7, 11) is 0. The van der Waals surface area contributed by atoms with Crippen molar-refractivity contribution < 1.29 is 23.6 Å². The van der Waals surface area contributed by atoms with E-state index in [9.17, 15) is 23.6 Å². The highest BCUT2D eigenvalue weighted by molar-refractivity contribution is 6.27. The molecule has 224 valence electrons. The van der Waals surface area contributed by atoms with E-state index in [1.165, 1.54) is 11.0 Å². The zero-order valence-corrected chi connectivity index (χ0v) is 24.3. The zero-order valence-electron chi connectivity index (χ0n) is 24.3. The van der Waals surface area contributed by atoms with E-state index in [0.29, 0.717) is 43.0 Å². The number of carbonyl (C=O) groups is 4. The van der Waals surface area contributed by atoms with E-state index < -0.39 is 17.8 Å². The van der Waals surface area contributed by atoms with Crippen molar-refractivity contribution in [2.45, 2.75) is 31.8 Å². The molecule has 0 bridgehead atoms. The SMILES string of the molecule is N#Cc1ccc(N2CCN(Cc3ccc(Cc4ccc5c6c(cccc46)C(=O)N5C4CCC(=O)NC4=O)cc3)C(=O)C2)c(F)c1. The Morgan fingerprint density at radius 1 is 0.911 bits per heavy atom. The summed E-state index contributed by atoms with van der Waals surface area (Å²) < 4.78 is 14.5. The van der Waals surface area contributed by atoms with Gasteiger partial charge in [-0.05, 0) is 65.3 Å². The van der Waals surface area contributed by atoms with Gasteiger partial charge in [-0.3, -0.25) is 29.4 Å². The Balaban J connectivity index is 1.04. The van der Waals surface area contributed by atoms with Crippen molar-refractivity contribution in [2.24, 2.45) is 0 Å². The third-order valence-corrected chi connectivity index (χ3v) is 8.87. The number of halogens is 1. The van der Waals surface area contributed by atoms with E-state index in [2.05, 4.69) is 5.32 Å². The third-order valence-electron chi connectivity index (χ3n) is 8.87. The Morgan fingerprint density at radius 3 is 2.42 bits per heavy atom. The first-order valence-electron chi connectivity index (χ1n) is 14.8. The lowest BCUT2D eigenvalue weighted by Gasteiger charge is -2.35. The molecule has 3 aliphatic heterocycles. The van der Waals surface area contributed by atoms with Crippen molar-refractivity contribution in [2.75, 3.05) is 29.4 Å². The molecular formula is C35H28FN5O4. The molecule has 0 saturated carbocycles. The molecule has 4 aromatic rings. The summed E-state index contributed by atoms with van der Waals surface area (Å²) >= 11 is 0. The van der Waals surface area contributed by atoms with Crippen molar-refractivity contribution in [1.82, 2.24) is 10.2 Å². The minimum Gasteiger partial charge on any atom is -0.358 e. The van der Waals surface area contributed by atoms with Gasteiger partial charge in [-0.15, -0.1) is 0 Å². The first-order chi connectivity index (χ1) is 21.8. The molecule has 0 aromatic heterocycles. The van der Waals surface area contributed by atoms with Gasteiger partial charge in [-0.25, -0.2) is 4.39 Å². The minimum absolute atomic E-state index is 0.0649. The zero-order chi connectivity index (χ0) is 31.2. The highest BCUT2D eigenvalue weighted by atomic mass is 19.1. The second-order valence-electron chi connectivity index (χ2n) is 11.6. The average molecular weight is 602 g/mol. The highest BCUT2D eigenvalue weighted by Gasteiger charge is 2.40. The minimum atomic E-state index is -0.726. The van der Waals surface area contributed by atoms with Gasteiger partial charge in [0.25, 0.3) is 5.91 Å².